The molecule has 31 heavy (non-hydrogen) atoms. The normalized spacial score (nSPS) is 11.3. The molecule has 0 spiro atoms. The molecule has 4 rings (SSSR count). The molecule has 0 radical (unpaired) electrons. The number of rotatable bonds is 6. The van der Waals surface area contributed by atoms with E-state index in [0.29, 0.717) is 35.3 Å². The predicted octanol–water partition coefficient (Wildman–Crippen LogP) is 4.82. The highest BCUT2D eigenvalue weighted by Gasteiger charge is 2.18. The number of carbonyl (C=O) groups is 1. The van der Waals surface area contributed by atoms with Crippen LogP contribution in [0.15, 0.2) is 42.5 Å². The van der Waals surface area contributed by atoms with E-state index in [1.165, 1.54) is 0 Å². The van der Waals surface area contributed by atoms with Gasteiger partial charge in [0.15, 0.2) is 11.5 Å². The summed E-state index contributed by atoms with van der Waals surface area (Å²) in [6.07, 6.45) is 0. The number of fused-ring (bicyclic) bond motifs is 2. The van der Waals surface area contributed by atoms with Gasteiger partial charge in [-0.2, -0.15) is 5.10 Å². The number of hydrogen-bond acceptors (Lipinski definition) is 5. The standard InChI is InChI=1S/C24H26N4O3/c1-14(2)13-28-23-20(11-16-8-15(3)6-7-21(16)25-23)22(27-28)26-24(29)17-9-18(30-4)12-19(10-17)31-5/h6-12,14H,13H2,1-5H3,(H,26,27,29). The summed E-state index contributed by atoms with van der Waals surface area (Å²) >= 11 is 0. The Kier molecular flexibility index (Phi) is 5.50. The average molecular weight is 418 g/mol. The quantitative estimate of drug-likeness (QED) is 0.486. The van der Waals surface area contributed by atoms with Crippen LogP contribution >= 0.6 is 0 Å². The van der Waals surface area contributed by atoms with Crippen molar-refractivity contribution in [1.29, 1.82) is 0 Å². The van der Waals surface area contributed by atoms with Crippen molar-refractivity contribution in [1.82, 2.24) is 14.8 Å². The van der Waals surface area contributed by atoms with Gasteiger partial charge in [-0.1, -0.05) is 25.5 Å². The molecule has 1 amide bonds. The van der Waals surface area contributed by atoms with Gasteiger partial charge in [-0.3, -0.25) is 4.79 Å². The fourth-order valence-corrected chi connectivity index (χ4v) is 3.56. The molecule has 0 aliphatic carbocycles. The topological polar surface area (TPSA) is 78.3 Å². The molecule has 0 bridgehead atoms. The molecular formula is C24H26N4O3. The number of amides is 1. The van der Waals surface area contributed by atoms with Crippen LogP contribution < -0.4 is 14.8 Å². The molecule has 0 unspecified atom stereocenters. The van der Waals surface area contributed by atoms with E-state index in [1.54, 1.807) is 32.4 Å². The maximum atomic E-state index is 13.1. The van der Waals surface area contributed by atoms with E-state index >= 15 is 0 Å². The summed E-state index contributed by atoms with van der Waals surface area (Å²) < 4.78 is 12.4. The maximum absolute atomic E-state index is 13.1. The van der Waals surface area contributed by atoms with Gasteiger partial charge in [0.25, 0.3) is 5.91 Å². The number of nitrogens with zero attached hydrogens (tertiary/aromatic N) is 3. The lowest BCUT2D eigenvalue weighted by Crippen LogP contribution is -2.13. The number of anilines is 1. The van der Waals surface area contributed by atoms with Crippen molar-refractivity contribution in [3.05, 3.63) is 53.6 Å². The van der Waals surface area contributed by atoms with Crippen LogP contribution in [0.3, 0.4) is 0 Å². The second-order valence-corrected chi connectivity index (χ2v) is 8.04. The molecule has 0 aliphatic rings. The molecule has 7 nitrogen and oxygen atoms in total. The molecule has 0 saturated heterocycles. The Morgan fingerprint density at radius 1 is 1.06 bits per heavy atom. The largest absolute Gasteiger partial charge is 0.497 e. The van der Waals surface area contributed by atoms with E-state index in [-0.39, 0.29) is 5.91 Å². The number of ether oxygens (including phenoxy) is 2. The van der Waals surface area contributed by atoms with Crippen molar-refractivity contribution in [3.8, 4) is 11.5 Å². The first kappa shape index (κ1) is 20.7. The molecule has 7 heteroatoms. The Morgan fingerprint density at radius 3 is 2.42 bits per heavy atom. The number of aromatic nitrogens is 3. The van der Waals surface area contributed by atoms with E-state index in [0.717, 1.165) is 27.5 Å². The fraction of sp³-hybridized carbons (Fsp3) is 0.292. The molecule has 2 aromatic heterocycles. The SMILES string of the molecule is COc1cc(OC)cc(C(=O)Nc2nn(CC(C)C)c3nc4ccc(C)cc4cc23)c1. The van der Waals surface area contributed by atoms with Crippen LogP contribution in [0.2, 0.25) is 0 Å². The van der Waals surface area contributed by atoms with Crippen LogP contribution in [0.4, 0.5) is 5.82 Å². The van der Waals surface area contributed by atoms with Gasteiger partial charge in [0.2, 0.25) is 0 Å². The van der Waals surface area contributed by atoms with Gasteiger partial charge in [-0.05, 0) is 43.2 Å². The number of carbonyl (C=O) groups excluding carboxylic acids is 1. The first-order valence-electron chi connectivity index (χ1n) is 10.2. The van der Waals surface area contributed by atoms with Crippen LogP contribution in [0.25, 0.3) is 21.9 Å². The molecule has 0 atom stereocenters. The van der Waals surface area contributed by atoms with Gasteiger partial charge < -0.3 is 14.8 Å². The lowest BCUT2D eigenvalue weighted by molar-refractivity contribution is 0.102. The highest BCUT2D eigenvalue weighted by atomic mass is 16.5. The Bertz CT molecular complexity index is 1250. The summed E-state index contributed by atoms with van der Waals surface area (Å²) in [5.74, 6) is 1.66. The third kappa shape index (κ3) is 4.17. The second-order valence-electron chi connectivity index (χ2n) is 8.04. The third-order valence-electron chi connectivity index (χ3n) is 5.05. The van der Waals surface area contributed by atoms with Crippen LogP contribution in [0.1, 0.15) is 29.8 Å². The molecule has 2 heterocycles. The minimum absolute atomic E-state index is 0.294. The molecular weight excluding hydrogens is 392 g/mol. The van der Waals surface area contributed by atoms with Crippen molar-refractivity contribution >= 4 is 33.7 Å². The number of aryl methyl sites for hydroxylation is 1. The zero-order valence-corrected chi connectivity index (χ0v) is 18.4. The number of benzene rings is 2. The number of pyridine rings is 1. The van der Waals surface area contributed by atoms with Gasteiger partial charge in [0, 0.05) is 23.6 Å². The van der Waals surface area contributed by atoms with Crippen LogP contribution in [-0.2, 0) is 6.54 Å². The first-order chi connectivity index (χ1) is 14.9. The number of methoxy groups -OCH3 is 2. The van der Waals surface area contributed by atoms with E-state index < -0.39 is 0 Å². The lowest BCUT2D eigenvalue weighted by Gasteiger charge is -2.08. The zero-order chi connectivity index (χ0) is 22.1. The summed E-state index contributed by atoms with van der Waals surface area (Å²) in [5, 5.41) is 9.46. The third-order valence-corrected chi connectivity index (χ3v) is 5.05. The van der Waals surface area contributed by atoms with Gasteiger partial charge in [-0.25, -0.2) is 9.67 Å². The molecule has 0 saturated carbocycles. The maximum Gasteiger partial charge on any atom is 0.257 e. The Balaban J connectivity index is 1.80. The summed E-state index contributed by atoms with van der Waals surface area (Å²) in [7, 11) is 3.10. The molecule has 1 N–H and O–H groups in total. The molecule has 4 aromatic rings. The average Bonchev–Trinajstić information content (AvgIpc) is 3.06. The minimum atomic E-state index is -0.294. The Labute approximate surface area is 181 Å². The Morgan fingerprint density at radius 2 is 1.77 bits per heavy atom. The van der Waals surface area contributed by atoms with E-state index in [4.69, 9.17) is 14.5 Å². The predicted molar refractivity (Wildman–Crippen MR) is 122 cm³/mol. The van der Waals surface area contributed by atoms with E-state index in [1.807, 2.05) is 29.8 Å². The molecule has 0 aliphatic heterocycles. The summed E-state index contributed by atoms with van der Waals surface area (Å²) in [4.78, 5) is 17.9. The van der Waals surface area contributed by atoms with Crippen molar-refractivity contribution in [2.45, 2.75) is 27.3 Å². The van der Waals surface area contributed by atoms with Gasteiger partial charge in [0.1, 0.15) is 11.5 Å². The molecule has 160 valence electrons. The zero-order valence-electron chi connectivity index (χ0n) is 18.4. The van der Waals surface area contributed by atoms with Crippen molar-refractivity contribution in [2.24, 2.45) is 5.92 Å². The van der Waals surface area contributed by atoms with Crippen LogP contribution in [0.5, 0.6) is 11.5 Å². The number of nitrogens with one attached hydrogen (secondary N) is 1. The summed E-state index contributed by atoms with van der Waals surface area (Å²) in [6.45, 7) is 6.99. The second kappa shape index (κ2) is 8.26. The van der Waals surface area contributed by atoms with Crippen molar-refractivity contribution in [3.63, 3.8) is 0 Å². The highest BCUT2D eigenvalue weighted by Crippen LogP contribution is 2.28. The number of hydrogen-bond donors (Lipinski definition) is 1. The smallest absolute Gasteiger partial charge is 0.257 e. The van der Waals surface area contributed by atoms with Gasteiger partial charge in [-0.15, -0.1) is 0 Å². The first-order valence-corrected chi connectivity index (χ1v) is 10.2. The van der Waals surface area contributed by atoms with Crippen LogP contribution in [-0.4, -0.2) is 34.9 Å². The van der Waals surface area contributed by atoms with Gasteiger partial charge >= 0.3 is 0 Å². The van der Waals surface area contributed by atoms with E-state index in [9.17, 15) is 4.79 Å². The van der Waals surface area contributed by atoms with E-state index in [2.05, 4.69) is 30.3 Å². The van der Waals surface area contributed by atoms with Gasteiger partial charge in [0.05, 0.1) is 25.1 Å². The van der Waals surface area contributed by atoms with Crippen molar-refractivity contribution in [2.75, 3.05) is 19.5 Å². The minimum Gasteiger partial charge on any atom is -0.497 e. The highest BCUT2D eigenvalue weighted by molar-refractivity contribution is 6.09. The lowest BCUT2D eigenvalue weighted by atomic mass is 10.1. The summed E-state index contributed by atoms with van der Waals surface area (Å²) in [5.41, 5.74) is 3.23. The fourth-order valence-electron chi connectivity index (χ4n) is 3.56. The van der Waals surface area contributed by atoms with Crippen molar-refractivity contribution < 1.29 is 14.3 Å². The van der Waals surface area contributed by atoms with Crippen LogP contribution in [0, 0.1) is 12.8 Å². The summed E-state index contributed by atoms with van der Waals surface area (Å²) in [6, 6.07) is 13.2. The Hall–Kier alpha value is -3.61. The molecule has 0 fully saturated rings. The monoisotopic (exact) mass is 418 g/mol. The molecule has 2 aromatic carbocycles.